The maximum absolute atomic E-state index is 13.8. The van der Waals surface area contributed by atoms with E-state index >= 15 is 0 Å². The van der Waals surface area contributed by atoms with E-state index in [0.29, 0.717) is 29.2 Å². The SMILES string of the molecule is COc1ccc(F)cc1-c1cc(NC(N)=O)c(C(=O)OC2CCCCN(C(N)=O)C2)s1. The Bertz CT molecular complexity index is 996. The number of likely N-dealkylation sites (tertiary alicyclic amines) is 1. The fourth-order valence-corrected chi connectivity index (χ4v) is 4.40. The third-order valence-corrected chi connectivity index (χ3v) is 5.96. The number of nitrogens with zero attached hydrogens (tertiary/aromatic N) is 1. The molecule has 1 aromatic carbocycles. The molecule has 3 rings (SSSR count). The number of thiophene rings is 1. The molecule has 166 valence electrons. The molecule has 31 heavy (non-hydrogen) atoms. The van der Waals surface area contributed by atoms with Gasteiger partial charge in [-0.25, -0.2) is 18.8 Å². The summed E-state index contributed by atoms with van der Waals surface area (Å²) in [7, 11) is 1.44. The van der Waals surface area contributed by atoms with Gasteiger partial charge in [0.1, 0.15) is 22.5 Å². The highest BCUT2D eigenvalue weighted by molar-refractivity contribution is 7.18. The van der Waals surface area contributed by atoms with E-state index in [0.717, 1.165) is 24.2 Å². The first-order valence-electron chi connectivity index (χ1n) is 9.58. The van der Waals surface area contributed by atoms with Crippen molar-refractivity contribution in [3.63, 3.8) is 0 Å². The number of hydrogen-bond acceptors (Lipinski definition) is 6. The molecular weight excluding hydrogens is 427 g/mol. The number of urea groups is 2. The third kappa shape index (κ3) is 5.43. The summed E-state index contributed by atoms with van der Waals surface area (Å²) in [6.45, 7) is 0.690. The number of esters is 1. The van der Waals surface area contributed by atoms with Gasteiger partial charge in [0.25, 0.3) is 0 Å². The van der Waals surface area contributed by atoms with Crippen LogP contribution in [0.1, 0.15) is 28.9 Å². The van der Waals surface area contributed by atoms with Crippen LogP contribution in [0, 0.1) is 5.82 Å². The van der Waals surface area contributed by atoms with Crippen molar-refractivity contribution >= 4 is 35.1 Å². The Morgan fingerprint density at radius 3 is 2.68 bits per heavy atom. The van der Waals surface area contributed by atoms with Crippen LogP contribution in [0.25, 0.3) is 10.4 Å². The second kappa shape index (κ2) is 9.65. The van der Waals surface area contributed by atoms with Crippen molar-refractivity contribution in [2.75, 3.05) is 25.5 Å². The van der Waals surface area contributed by atoms with Gasteiger partial charge in [0.15, 0.2) is 0 Å². The molecule has 1 atom stereocenters. The first-order chi connectivity index (χ1) is 14.8. The highest BCUT2D eigenvalue weighted by atomic mass is 32.1. The van der Waals surface area contributed by atoms with Gasteiger partial charge in [-0.3, -0.25) is 0 Å². The van der Waals surface area contributed by atoms with Crippen LogP contribution in [0.2, 0.25) is 0 Å². The van der Waals surface area contributed by atoms with Crippen molar-refractivity contribution < 1.29 is 28.2 Å². The molecule has 11 heteroatoms. The minimum Gasteiger partial charge on any atom is -0.496 e. The molecule has 1 aliphatic rings. The van der Waals surface area contributed by atoms with Gasteiger partial charge in [-0.15, -0.1) is 11.3 Å². The molecule has 9 nitrogen and oxygen atoms in total. The Morgan fingerprint density at radius 1 is 1.23 bits per heavy atom. The number of nitrogens with two attached hydrogens (primary N) is 2. The predicted molar refractivity (Wildman–Crippen MR) is 114 cm³/mol. The van der Waals surface area contributed by atoms with Gasteiger partial charge in [-0.2, -0.15) is 0 Å². The number of methoxy groups -OCH3 is 1. The molecular formula is C20H23FN4O5S. The molecule has 1 aromatic heterocycles. The van der Waals surface area contributed by atoms with Crippen LogP contribution in [0.3, 0.4) is 0 Å². The number of carbonyl (C=O) groups is 3. The zero-order valence-electron chi connectivity index (χ0n) is 16.9. The van der Waals surface area contributed by atoms with Crippen molar-refractivity contribution in [3.05, 3.63) is 35.0 Å². The lowest BCUT2D eigenvalue weighted by atomic mass is 10.1. The van der Waals surface area contributed by atoms with E-state index in [-0.39, 0.29) is 17.1 Å². The molecule has 1 fully saturated rings. The Hall–Kier alpha value is -3.34. The number of carbonyl (C=O) groups excluding carboxylic acids is 3. The third-order valence-electron chi connectivity index (χ3n) is 4.82. The predicted octanol–water partition coefficient (Wildman–Crippen LogP) is 3.14. The van der Waals surface area contributed by atoms with Crippen molar-refractivity contribution in [1.82, 2.24) is 4.90 Å². The number of halogens is 1. The molecule has 0 radical (unpaired) electrons. The van der Waals surface area contributed by atoms with Gasteiger partial charge >= 0.3 is 18.0 Å². The molecule has 1 aliphatic heterocycles. The van der Waals surface area contributed by atoms with Crippen LogP contribution >= 0.6 is 11.3 Å². The summed E-state index contributed by atoms with van der Waals surface area (Å²) in [6.07, 6.45) is 1.56. The normalized spacial score (nSPS) is 16.3. The first-order valence-corrected chi connectivity index (χ1v) is 10.4. The molecule has 5 N–H and O–H groups in total. The lowest BCUT2D eigenvalue weighted by Gasteiger charge is -2.22. The molecule has 2 heterocycles. The van der Waals surface area contributed by atoms with Gasteiger partial charge in [0.05, 0.1) is 19.3 Å². The molecule has 0 bridgehead atoms. The number of primary amides is 2. The number of hydrogen-bond donors (Lipinski definition) is 3. The van der Waals surface area contributed by atoms with Gasteiger partial charge in [-0.1, -0.05) is 0 Å². The van der Waals surface area contributed by atoms with E-state index in [9.17, 15) is 18.8 Å². The summed E-state index contributed by atoms with van der Waals surface area (Å²) in [5.74, 6) is -0.775. The largest absolute Gasteiger partial charge is 0.496 e. The molecule has 0 aliphatic carbocycles. The van der Waals surface area contributed by atoms with Crippen LogP contribution in [-0.2, 0) is 4.74 Å². The molecule has 0 spiro atoms. The monoisotopic (exact) mass is 450 g/mol. The summed E-state index contributed by atoms with van der Waals surface area (Å²) < 4.78 is 24.7. The van der Waals surface area contributed by atoms with Crippen molar-refractivity contribution in [2.24, 2.45) is 11.5 Å². The fraction of sp³-hybridized carbons (Fsp3) is 0.350. The minimum atomic E-state index is -0.862. The van der Waals surface area contributed by atoms with Crippen molar-refractivity contribution in [2.45, 2.75) is 25.4 Å². The van der Waals surface area contributed by atoms with E-state index in [2.05, 4.69) is 5.32 Å². The fourth-order valence-electron chi connectivity index (χ4n) is 3.38. The zero-order chi connectivity index (χ0) is 22.5. The average molecular weight is 450 g/mol. The van der Waals surface area contributed by atoms with Crippen LogP contribution < -0.4 is 21.5 Å². The Balaban J connectivity index is 1.90. The smallest absolute Gasteiger partial charge is 0.350 e. The van der Waals surface area contributed by atoms with Gasteiger partial charge in [0.2, 0.25) is 0 Å². The van der Waals surface area contributed by atoms with Crippen LogP contribution in [0.15, 0.2) is 24.3 Å². The Morgan fingerprint density at radius 2 is 2.00 bits per heavy atom. The van der Waals surface area contributed by atoms with Crippen LogP contribution in [0.4, 0.5) is 19.7 Å². The van der Waals surface area contributed by atoms with E-state index < -0.39 is 30.0 Å². The molecule has 1 saturated heterocycles. The number of amides is 4. The van der Waals surface area contributed by atoms with Gasteiger partial charge in [0, 0.05) is 17.0 Å². The lowest BCUT2D eigenvalue weighted by Crippen LogP contribution is -2.41. The summed E-state index contributed by atoms with van der Waals surface area (Å²) in [5.41, 5.74) is 11.2. The molecule has 2 aromatic rings. The van der Waals surface area contributed by atoms with E-state index in [1.54, 1.807) is 0 Å². The van der Waals surface area contributed by atoms with Crippen molar-refractivity contribution in [3.8, 4) is 16.2 Å². The molecule has 1 unspecified atom stereocenters. The Labute approximate surface area is 182 Å². The summed E-state index contributed by atoms with van der Waals surface area (Å²) >= 11 is 1.01. The second-order valence-corrected chi connectivity index (χ2v) is 8.05. The topological polar surface area (TPSA) is 137 Å². The van der Waals surface area contributed by atoms with Gasteiger partial charge in [-0.05, 0) is 43.5 Å². The molecule has 4 amide bonds. The summed E-state index contributed by atoms with van der Waals surface area (Å²) in [6, 6.07) is 4.06. The standard InChI is InChI=1S/C20H23FN4O5S/c1-29-15-6-5-11(21)8-13(15)16-9-14(24-19(22)27)17(31-16)18(26)30-12-4-2-3-7-25(10-12)20(23)28/h5-6,8-9,12H,2-4,7,10H2,1H3,(H2,23,28)(H3,22,24,27). The Kier molecular flexibility index (Phi) is 6.95. The lowest BCUT2D eigenvalue weighted by molar-refractivity contribution is 0.0247. The number of anilines is 1. The van der Waals surface area contributed by atoms with Gasteiger partial charge < -0.3 is 31.2 Å². The minimum absolute atomic E-state index is 0.0926. The second-order valence-electron chi connectivity index (χ2n) is 6.99. The summed E-state index contributed by atoms with van der Waals surface area (Å²) in [4.78, 5) is 37.9. The van der Waals surface area contributed by atoms with Crippen LogP contribution in [0.5, 0.6) is 5.75 Å². The molecule has 0 saturated carbocycles. The maximum Gasteiger partial charge on any atom is 0.350 e. The average Bonchev–Trinajstić information content (AvgIpc) is 2.97. The van der Waals surface area contributed by atoms with Crippen LogP contribution in [-0.4, -0.2) is 49.2 Å². The quantitative estimate of drug-likeness (QED) is 0.601. The zero-order valence-corrected chi connectivity index (χ0v) is 17.7. The maximum atomic E-state index is 13.8. The highest BCUT2D eigenvalue weighted by Crippen LogP contribution is 2.40. The summed E-state index contributed by atoms with van der Waals surface area (Å²) in [5, 5.41) is 2.40. The van der Waals surface area contributed by atoms with E-state index in [1.165, 1.54) is 36.3 Å². The number of nitrogens with one attached hydrogen (secondary N) is 1. The van der Waals surface area contributed by atoms with E-state index in [4.69, 9.17) is 20.9 Å². The number of rotatable bonds is 5. The highest BCUT2D eigenvalue weighted by Gasteiger charge is 2.27. The van der Waals surface area contributed by atoms with E-state index in [1.807, 2.05) is 0 Å². The number of ether oxygens (including phenoxy) is 2. The number of benzene rings is 1. The first kappa shape index (κ1) is 22.3. The van der Waals surface area contributed by atoms with Crippen molar-refractivity contribution in [1.29, 1.82) is 0 Å².